The van der Waals surface area contributed by atoms with E-state index < -0.39 is 0 Å². The molecule has 1 aromatic rings. The summed E-state index contributed by atoms with van der Waals surface area (Å²) in [5, 5.41) is -0.275. The van der Waals surface area contributed by atoms with Gasteiger partial charge in [0, 0.05) is 18.1 Å². The van der Waals surface area contributed by atoms with Crippen LogP contribution in [0.25, 0.3) is 0 Å². The van der Waals surface area contributed by atoms with Gasteiger partial charge in [-0.1, -0.05) is 6.92 Å². The fraction of sp³-hybridized carbons (Fsp3) is 0.571. The predicted octanol–water partition coefficient (Wildman–Crippen LogP) is 3.93. The Hall–Kier alpha value is -0.800. The minimum absolute atomic E-state index is 0.153. The lowest BCUT2D eigenvalue weighted by Gasteiger charge is -2.23. The van der Waals surface area contributed by atoms with Crippen molar-refractivity contribution in [3.63, 3.8) is 0 Å². The maximum Gasteiger partial charge on any atom is 0.123 e. The van der Waals surface area contributed by atoms with Crippen molar-refractivity contribution in [1.29, 1.82) is 0 Å². The molecule has 18 heavy (non-hydrogen) atoms. The molecule has 0 N–H and O–H groups in total. The van der Waals surface area contributed by atoms with Gasteiger partial charge >= 0.3 is 0 Å². The molecule has 0 radical (unpaired) electrons. The Kier molecular flexibility index (Phi) is 4.46. The molecule has 3 unspecified atom stereocenters. The van der Waals surface area contributed by atoms with Gasteiger partial charge in [-0.2, -0.15) is 0 Å². The van der Waals surface area contributed by atoms with Gasteiger partial charge in [0.05, 0.1) is 18.6 Å². The molecule has 3 atom stereocenters. The Morgan fingerprint density at radius 2 is 2.33 bits per heavy atom. The zero-order valence-electron chi connectivity index (χ0n) is 10.7. The summed E-state index contributed by atoms with van der Waals surface area (Å²) in [7, 11) is 1.57. The first-order valence-corrected chi connectivity index (χ1v) is 6.70. The molecule has 0 aromatic heterocycles. The average molecular weight is 273 g/mol. The fourth-order valence-electron chi connectivity index (χ4n) is 2.57. The van der Waals surface area contributed by atoms with Crippen molar-refractivity contribution in [1.82, 2.24) is 0 Å². The van der Waals surface area contributed by atoms with Crippen LogP contribution in [0, 0.1) is 11.7 Å². The first-order valence-electron chi connectivity index (χ1n) is 6.26. The van der Waals surface area contributed by atoms with Gasteiger partial charge in [0.25, 0.3) is 0 Å². The number of benzene rings is 1. The Bertz CT molecular complexity index is 411. The first kappa shape index (κ1) is 13.6. The predicted molar refractivity (Wildman–Crippen MR) is 69.7 cm³/mol. The van der Waals surface area contributed by atoms with E-state index in [0.29, 0.717) is 11.3 Å². The smallest absolute Gasteiger partial charge is 0.123 e. The lowest BCUT2D eigenvalue weighted by molar-refractivity contribution is 0.0863. The highest BCUT2D eigenvalue weighted by atomic mass is 35.5. The molecule has 0 amide bonds. The second-order valence-electron chi connectivity index (χ2n) is 4.56. The van der Waals surface area contributed by atoms with Gasteiger partial charge in [-0.3, -0.25) is 0 Å². The summed E-state index contributed by atoms with van der Waals surface area (Å²) < 4.78 is 24.3. The summed E-state index contributed by atoms with van der Waals surface area (Å²) in [5.41, 5.74) is 0.716. The van der Waals surface area contributed by atoms with E-state index in [9.17, 15) is 4.39 Å². The molecule has 0 spiro atoms. The molecular formula is C14H18ClFO2. The minimum atomic E-state index is -0.289. The van der Waals surface area contributed by atoms with E-state index in [1.54, 1.807) is 13.2 Å². The standard InChI is InChI=1S/C14H18ClFO2/c1-3-12-10(6-7-18-12)14(15)11-8-9(16)4-5-13(11)17-2/h4-5,8,10,12,14H,3,6-7H2,1-2H3. The summed E-state index contributed by atoms with van der Waals surface area (Å²) in [5.74, 6) is 0.564. The molecule has 0 aliphatic carbocycles. The fourth-order valence-corrected chi connectivity index (χ4v) is 3.03. The number of methoxy groups -OCH3 is 1. The Labute approximate surface area is 112 Å². The van der Waals surface area contributed by atoms with E-state index in [0.717, 1.165) is 19.4 Å². The van der Waals surface area contributed by atoms with E-state index in [-0.39, 0.29) is 23.2 Å². The molecule has 100 valence electrons. The number of rotatable bonds is 4. The van der Waals surface area contributed by atoms with Crippen LogP contribution in [0.15, 0.2) is 18.2 Å². The third kappa shape index (κ3) is 2.62. The van der Waals surface area contributed by atoms with E-state index in [1.165, 1.54) is 12.1 Å². The lowest BCUT2D eigenvalue weighted by atomic mass is 9.91. The number of alkyl halides is 1. The quantitative estimate of drug-likeness (QED) is 0.773. The Morgan fingerprint density at radius 1 is 1.56 bits per heavy atom. The highest BCUT2D eigenvalue weighted by Gasteiger charge is 2.34. The molecule has 1 heterocycles. The van der Waals surface area contributed by atoms with E-state index >= 15 is 0 Å². The molecule has 2 nitrogen and oxygen atoms in total. The van der Waals surface area contributed by atoms with Gasteiger partial charge in [0.1, 0.15) is 11.6 Å². The van der Waals surface area contributed by atoms with Gasteiger partial charge in [0.15, 0.2) is 0 Å². The molecule has 0 saturated carbocycles. The van der Waals surface area contributed by atoms with Crippen LogP contribution in [-0.4, -0.2) is 19.8 Å². The van der Waals surface area contributed by atoms with Gasteiger partial charge < -0.3 is 9.47 Å². The van der Waals surface area contributed by atoms with Crippen LogP contribution >= 0.6 is 11.6 Å². The molecule has 1 aromatic carbocycles. The number of hydrogen-bond donors (Lipinski definition) is 0. The van der Waals surface area contributed by atoms with Crippen LogP contribution in [0.3, 0.4) is 0 Å². The van der Waals surface area contributed by atoms with Crippen LogP contribution < -0.4 is 4.74 Å². The molecule has 1 saturated heterocycles. The van der Waals surface area contributed by atoms with Crippen LogP contribution in [0.1, 0.15) is 30.7 Å². The topological polar surface area (TPSA) is 18.5 Å². The zero-order valence-corrected chi connectivity index (χ0v) is 11.4. The van der Waals surface area contributed by atoms with Crippen LogP contribution in [0.4, 0.5) is 4.39 Å². The van der Waals surface area contributed by atoms with E-state index in [4.69, 9.17) is 21.1 Å². The maximum atomic E-state index is 13.4. The number of hydrogen-bond acceptors (Lipinski definition) is 2. The summed E-state index contributed by atoms with van der Waals surface area (Å²) in [6, 6.07) is 4.47. The third-order valence-corrected chi connectivity index (χ3v) is 4.09. The molecule has 0 bridgehead atoms. The first-order chi connectivity index (χ1) is 8.67. The van der Waals surface area contributed by atoms with Crippen molar-refractivity contribution < 1.29 is 13.9 Å². The summed E-state index contributed by atoms with van der Waals surface area (Å²) in [6.45, 7) is 2.80. The molecular weight excluding hydrogens is 255 g/mol. The molecule has 2 rings (SSSR count). The van der Waals surface area contributed by atoms with Crippen molar-refractivity contribution in [2.45, 2.75) is 31.2 Å². The molecule has 1 fully saturated rings. The van der Waals surface area contributed by atoms with Crippen molar-refractivity contribution in [3.05, 3.63) is 29.6 Å². The summed E-state index contributed by atoms with van der Waals surface area (Å²) in [6.07, 6.45) is 1.98. The Morgan fingerprint density at radius 3 is 3.00 bits per heavy atom. The molecule has 1 aliphatic rings. The average Bonchev–Trinajstić information content (AvgIpc) is 2.86. The van der Waals surface area contributed by atoms with Gasteiger partial charge in [-0.25, -0.2) is 4.39 Å². The monoisotopic (exact) mass is 272 g/mol. The van der Waals surface area contributed by atoms with Crippen LogP contribution in [0.2, 0.25) is 0 Å². The number of halogens is 2. The van der Waals surface area contributed by atoms with Crippen molar-refractivity contribution in [2.75, 3.05) is 13.7 Å². The van der Waals surface area contributed by atoms with E-state index in [1.807, 2.05) is 0 Å². The van der Waals surface area contributed by atoms with E-state index in [2.05, 4.69) is 6.92 Å². The van der Waals surface area contributed by atoms with Crippen molar-refractivity contribution in [2.24, 2.45) is 5.92 Å². The normalized spacial score (nSPS) is 25.1. The highest BCUT2D eigenvalue weighted by molar-refractivity contribution is 6.21. The SMILES string of the molecule is CCC1OCCC1C(Cl)c1cc(F)ccc1OC. The summed E-state index contributed by atoms with van der Waals surface area (Å²) in [4.78, 5) is 0. The van der Waals surface area contributed by atoms with Crippen LogP contribution in [0.5, 0.6) is 5.75 Å². The molecule has 1 aliphatic heterocycles. The second kappa shape index (κ2) is 5.89. The van der Waals surface area contributed by atoms with Gasteiger partial charge in [-0.15, -0.1) is 11.6 Å². The largest absolute Gasteiger partial charge is 0.496 e. The highest BCUT2D eigenvalue weighted by Crippen LogP contribution is 2.42. The zero-order chi connectivity index (χ0) is 13.1. The maximum absolute atomic E-state index is 13.4. The van der Waals surface area contributed by atoms with Crippen LogP contribution in [-0.2, 0) is 4.74 Å². The Balaban J connectivity index is 2.27. The minimum Gasteiger partial charge on any atom is -0.496 e. The lowest BCUT2D eigenvalue weighted by Crippen LogP contribution is -2.19. The third-order valence-electron chi connectivity index (χ3n) is 3.53. The van der Waals surface area contributed by atoms with Crippen molar-refractivity contribution in [3.8, 4) is 5.75 Å². The van der Waals surface area contributed by atoms with Gasteiger partial charge in [0.2, 0.25) is 0 Å². The second-order valence-corrected chi connectivity index (χ2v) is 5.03. The molecule has 4 heteroatoms. The van der Waals surface area contributed by atoms with Crippen molar-refractivity contribution >= 4 is 11.6 Å². The van der Waals surface area contributed by atoms with Gasteiger partial charge in [-0.05, 0) is 31.0 Å². The number of ether oxygens (including phenoxy) is 2. The summed E-state index contributed by atoms with van der Waals surface area (Å²) >= 11 is 6.52.